The minimum atomic E-state index is 0.0826. The van der Waals surface area contributed by atoms with Crippen LogP contribution in [0.4, 0.5) is 0 Å². The third-order valence-corrected chi connectivity index (χ3v) is 2.20. The van der Waals surface area contributed by atoms with E-state index in [-0.39, 0.29) is 17.8 Å². The molecule has 0 aliphatic heterocycles. The summed E-state index contributed by atoms with van der Waals surface area (Å²) in [6, 6.07) is 0. The second-order valence-electron chi connectivity index (χ2n) is 3.94. The highest BCUT2D eigenvalue weighted by Gasteiger charge is 2.13. The van der Waals surface area contributed by atoms with Crippen molar-refractivity contribution in [2.75, 3.05) is 20.6 Å². The van der Waals surface area contributed by atoms with Gasteiger partial charge in [-0.25, -0.2) is 0 Å². The fraction of sp³-hybridized carbons (Fsp3) is 0.800. The van der Waals surface area contributed by atoms with Gasteiger partial charge in [-0.15, -0.1) is 0 Å². The number of hydrogen-bond acceptors (Lipinski definition) is 2. The van der Waals surface area contributed by atoms with Crippen LogP contribution in [0.3, 0.4) is 0 Å². The van der Waals surface area contributed by atoms with Crippen LogP contribution < -0.4 is 11.5 Å². The summed E-state index contributed by atoms with van der Waals surface area (Å²) in [6.07, 6.45) is 2.78. The standard InChI is InChI=1S/C10H22N4O/c1-8(9(15)14(2)3)6-4-5-7-13-10(11)12/h8H,4-7H2,1-3H3,(H4,11,12,13)/t8-/m0/s1. The van der Waals surface area contributed by atoms with Gasteiger partial charge < -0.3 is 16.4 Å². The van der Waals surface area contributed by atoms with E-state index in [4.69, 9.17) is 11.5 Å². The largest absolute Gasteiger partial charge is 0.370 e. The predicted octanol–water partition coefficient (Wildman–Crippen LogP) is 0.154. The van der Waals surface area contributed by atoms with Gasteiger partial charge >= 0.3 is 0 Å². The van der Waals surface area contributed by atoms with Crippen molar-refractivity contribution in [1.82, 2.24) is 4.90 Å². The molecule has 0 saturated heterocycles. The molecular weight excluding hydrogens is 192 g/mol. The highest BCUT2D eigenvalue weighted by atomic mass is 16.2. The Hall–Kier alpha value is -1.26. The molecule has 0 spiro atoms. The fourth-order valence-electron chi connectivity index (χ4n) is 1.33. The molecule has 0 heterocycles. The SMILES string of the molecule is C[C@@H](CCCCN=C(N)N)C(=O)N(C)C. The van der Waals surface area contributed by atoms with E-state index < -0.39 is 0 Å². The Bertz CT molecular complexity index is 221. The lowest BCUT2D eigenvalue weighted by molar-refractivity contribution is -0.132. The molecule has 0 unspecified atom stereocenters. The molecule has 0 aliphatic carbocycles. The van der Waals surface area contributed by atoms with Crippen LogP contribution in [-0.4, -0.2) is 37.4 Å². The van der Waals surface area contributed by atoms with Gasteiger partial charge in [0.15, 0.2) is 5.96 Å². The van der Waals surface area contributed by atoms with Crippen LogP contribution in [-0.2, 0) is 4.79 Å². The number of rotatable bonds is 6. The molecule has 0 aromatic heterocycles. The van der Waals surface area contributed by atoms with Crippen LogP contribution in [0.2, 0.25) is 0 Å². The van der Waals surface area contributed by atoms with Crippen LogP contribution in [0.1, 0.15) is 26.2 Å². The minimum Gasteiger partial charge on any atom is -0.370 e. The average molecular weight is 214 g/mol. The molecule has 1 atom stereocenters. The Morgan fingerprint density at radius 1 is 1.33 bits per heavy atom. The normalized spacial score (nSPS) is 11.9. The van der Waals surface area contributed by atoms with Crippen LogP contribution in [0.25, 0.3) is 0 Å². The Balaban J connectivity index is 3.60. The zero-order valence-electron chi connectivity index (χ0n) is 9.86. The van der Waals surface area contributed by atoms with Crippen LogP contribution in [0.15, 0.2) is 4.99 Å². The molecule has 88 valence electrons. The van der Waals surface area contributed by atoms with Gasteiger partial charge in [-0.1, -0.05) is 13.3 Å². The molecule has 0 aromatic carbocycles. The average Bonchev–Trinajstić information content (AvgIpc) is 2.15. The number of amides is 1. The van der Waals surface area contributed by atoms with Crippen molar-refractivity contribution in [2.45, 2.75) is 26.2 Å². The maximum absolute atomic E-state index is 11.5. The number of guanidine groups is 1. The van der Waals surface area contributed by atoms with Gasteiger partial charge in [0.1, 0.15) is 0 Å². The number of hydrogen-bond donors (Lipinski definition) is 2. The van der Waals surface area contributed by atoms with Crippen molar-refractivity contribution in [3.05, 3.63) is 0 Å². The van der Waals surface area contributed by atoms with Crippen molar-refractivity contribution < 1.29 is 4.79 Å². The summed E-state index contributed by atoms with van der Waals surface area (Å²) in [5, 5.41) is 0. The van der Waals surface area contributed by atoms with E-state index in [0.29, 0.717) is 6.54 Å². The molecule has 0 rings (SSSR count). The summed E-state index contributed by atoms with van der Waals surface area (Å²) in [5.74, 6) is 0.392. The number of carbonyl (C=O) groups excluding carboxylic acids is 1. The van der Waals surface area contributed by atoms with Gasteiger partial charge in [0, 0.05) is 26.6 Å². The summed E-state index contributed by atoms with van der Waals surface area (Å²) in [5.41, 5.74) is 10.4. The number of unbranched alkanes of at least 4 members (excludes halogenated alkanes) is 1. The van der Waals surface area contributed by atoms with Crippen LogP contribution in [0.5, 0.6) is 0 Å². The molecule has 5 nitrogen and oxygen atoms in total. The molecule has 1 amide bonds. The highest BCUT2D eigenvalue weighted by Crippen LogP contribution is 2.09. The quantitative estimate of drug-likeness (QED) is 0.375. The summed E-state index contributed by atoms with van der Waals surface area (Å²) in [6.45, 7) is 2.59. The molecule has 0 bridgehead atoms. The predicted molar refractivity (Wildman–Crippen MR) is 62.4 cm³/mol. The topological polar surface area (TPSA) is 84.7 Å². The van der Waals surface area contributed by atoms with E-state index >= 15 is 0 Å². The Morgan fingerprint density at radius 3 is 2.40 bits per heavy atom. The molecule has 0 radical (unpaired) electrons. The van der Waals surface area contributed by atoms with E-state index in [1.54, 1.807) is 19.0 Å². The summed E-state index contributed by atoms with van der Waals surface area (Å²) in [4.78, 5) is 17.0. The number of nitrogens with two attached hydrogens (primary N) is 2. The van der Waals surface area contributed by atoms with E-state index in [0.717, 1.165) is 19.3 Å². The molecule has 0 aromatic rings. The van der Waals surface area contributed by atoms with Gasteiger partial charge in [-0.05, 0) is 12.8 Å². The molecule has 5 heteroatoms. The smallest absolute Gasteiger partial charge is 0.224 e. The Kier molecular flexibility index (Phi) is 6.49. The maximum Gasteiger partial charge on any atom is 0.224 e. The number of nitrogens with zero attached hydrogens (tertiary/aromatic N) is 2. The van der Waals surface area contributed by atoms with E-state index in [1.807, 2.05) is 6.92 Å². The summed E-state index contributed by atoms with van der Waals surface area (Å²) >= 11 is 0. The van der Waals surface area contributed by atoms with E-state index in [9.17, 15) is 4.79 Å². The van der Waals surface area contributed by atoms with Crippen molar-refractivity contribution in [2.24, 2.45) is 22.4 Å². The van der Waals surface area contributed by atoms with Crippen LogP contribution in [0, 0.1) is 5.92 Å². The molecule has 4 N–H and O–H groups in total. The Labute approximate surface area is 91.5 Å². The summed E-state index contributed by atoms with van der Waals surface area (Å²) in [7, 11) is 3.55. The first-order valence-corrected chi connectivity index (χ1v) is 5.21. The zero-order valence-corrected chi connectivity index (χ0v) is 9.86. The van der Waals surface area contributed by atoms with Crippen molar-refractivity contribution >= 4 is 11.9 Å². The molecule has 0 saturated carbocycles. The number of aliphatic imine (C=N–C) groups is 1. The van der Waals surface area contributed by atoms with Gasteiger partial charge in [-0.3, -0.25) is 9.79 Å². The van der Waals surface area contributed by atoms with Gasteiger partial charge in [0.25, 0.3) is 0 Å². The van der Waals surface area contributed by atoms with Gasteiger partial charge in [0.2, 0.25) is 5.91 Å². The monoisotopic (exact) mass is 214 g/mol. The first-order chi connectivity index (χ1) is 6.95. The lowest BCUT2D eigenvalue weighted by atomic mass is 10.0. The first-order valence-electron chi connectivity index (χ1n) is 5.21. The van der Waals surface area contributed by atoms with E-state index in [2.05, 4.69) is 4.99 Å². The van der Waals surface area contributed by atoms with Crippen molar-refractivity contribution in [3.63, 3.8) is 0 Å². The summed E-state index contributed by atoms with van der Waals surface area (Å²) < 4.78 is 0. The molecular formula is C10H22N4O. The van der Waals surface area contributed by atoms with Crippen molar-refractivity contribution in [3.8, 4) is 0 Å². The molecule has 15 heavy (non-hydrogen) atoms. The maximum atomic E-state index is 11.5. The second kappa shape index (κ2) is 7.09. The second-order valence-corrected chi connectivity index (χ2v) is 3.94. The zero-order chi connectivity index (χ0) is 11.8. The minimum absolute atomic E-state index is 0.0826. The van der Waals surface area contributed by atoms with E-state index in [1.165, 1.54) is 0 Å². The third kappa shape index (κ3) is 6.76. The highest BCUT2D eigenvalue weighted by molar-refractivity contribution is 5.77. The first kappa shape index (κ1) is 13.7. The van der Waals surface area contributed by atoms with Crippen molar-refractivity contribution in [1.29, 1.82) is 0 Å². The fourth-order valence-corrected chi connectivity index (χ4v) is 1.33. The molecule has 0 fully saturated rings. The van der Waals surface area contributed by atoms with Gasteiger partial charge in [0.05, 0.1) is 0 Å². The van der Waals surface area contributed by atoms with Gasteiger partial charge in [-0.2, -0.15) is 0 Å². The lowest BCUT2D eigenvalue weighted by Crippen LogP contribution is -2.27. The van der Waals surface area contributed by atoms with Crippen LogP contribution >= 0.6 is 0 Å². The lowest BCUT2D eigenvalue weighted by Gasteiger charge is -2.16. The Morgan fingerprint density at radius 2 is 1.93 bits per heavy atom. The number of carbonyl (C=O) groups is 1. The molecule has 0 aliphatic rings. The third-order valence-electron chi connectivity index (χ3n) is 2.20.